The maximum absolute atomic E-state index is 13.4. The molecule has 6 rings (SSSR count). The number of sulfonamides is 1. The number of aliphatic hydroxyl groups excluding tert-OH is 1. The van der Waals surface area contributed by atoms with E-state index in [1.165, 1.54) is 45.8 Å². The minimum Gasteiger partial charge on any atom is -0.497 e. The number of hydrogen-bond acceptors (Lipinski definition) is 8. The van der Waals surface area contributed by atoms with Crippen molar-refractivity contribution in [2.75, 3.05) is 53.0 Å². The lowest BCUT2D eigenvalue weighted by Gasteiger charge is -2.31. The first-order valence-corrected chi connectivity index (χ1v) is 18.2. The molecule has 2 N–H and O–H groups in total. The molecule has 1 fully saturated rings. The van der Waals surface area contributed by atoms with Gasteiger partial charge in [0.1, 0.15) is 5.75 Å². The summed E-state index contributed by atoms with van der Waals surface area (Å²) in [4.78, 5) is 27.3. The highest BCUT2D eigenvalue weighted by Crippen LogP contribution is 2.43. The van der Waals surface area contributed by atoms with Crippen LogP contribution in [0.2, 0.25) is 0 Å². The van der Waals surface area contributed by atoms with E-state index in [1.54, 1.807) is 12.1 Å². The van der Waals surface area contributed by atoms with E-state index in [-0.39, 0.29) is 54.7 Å². The fourth-order valence-corrected chi connectivity index (χ4v) is 8.23. The summed E-state index contributed by atoms with van der Waals surface area (Å²) in [6.45, 7) is 1.20. The van der Waals surface area contributed by atoms with Crippen molar-refractivity contribution in [3.05, 3.63) is 95.3 Å². The maximum atomic E-state index is 13.4. The third-order valence-corrected chi connectivity index (χ3v) is 11.2. The fourth-order valence-electron chi connectivity index (χ4n) is 6.81. The number of carbonyl (C=O) groups is 2. The van der Waals surface area contributed by atoms with Gasteiger partial charge in [0.25, 0.3) is 5.91 Å². The molecule has 0 bridgehead atoms. The van der Waals surface area contributed by atoms with Crippen molar-refractivity contribution >= 4 is 21.8 Å². The molecule has 0 unspecified atom stereocenters. The van der Waals surface area contributed by atoms with Gasteiger partial charge in [-0.25, -0.2) is 8.42 Å². The molecule has 0 saturated carbocycles. The van der Waals surface area contributed by atoms with E-state index < -0.39 is 16.3 Å². The summed E-state index contributed by atoms with van der Waals surface area (Å²) >= 11 is 0. The summed E-state index contributed by atoms with van der Waals surface area (Å²) in [6.07, 6.45) is 4.31. The van der Waals surface area contributed by atoms with E-state index >= 15 is 0 Å². The van der Waals surface area contributed by atoms with Gasteiger partial charge in [0.05, 0.1) is 25.2 Å². The molecule has 0 radical (unpaired) electrons. The van der Waals surface area contributed by atoms with Crippen LogP contribution in [0.1, 0.15) is 48.3 Å². The van der Waals surface area contributed by atoms with Gasteiger partial charge >= 0.3 is 0 Å². The van der Waals surface area contributed by atoms with Gasteiger partial charge in [0.2, 0.25) is 22.2 Å². The fraction of sp³-hybridized carbons (Fsp3) is 0.405. The van der Waals surface area contributed by atoms with E-state index in [4.69, 9.17) is 14.2 Å². The molecule has 11 nitrogen and oxygen atoms in total. The van der Waals surface area contributed by atoms with Crippen LogP contribution in [-0.2, 0) is 35.5 Å². The first-order chi connectivity index (χ1) is 23.8. The average Bonchev–Trinajstić information content (AvgIpc) is 3.72. The van der Waals surface area contributed by atoms with Gasteiger partial charge in [-0.15, -0.1) is 0 Å². The van der Waals surface area contributed by atoms with Gasteiger partial charge in [-0.1, -0.05) is 42.5 Å². The molecule has 0 spiro atoms. The Kier molecular flexibility index (Phi) is 11.0. The zero-order chi connectivity index (χ0) is 34.4. The van der Waals surface area contributed by atoms with E-state index in [0.717, 1.165) is 24.9 Å². The molecule has 2 amide bonds. The van der Waals surface area contributed by atoms with Crippen LogP contribution in [0.25, 0.3) is 11.1 Å². The third kappa shape index (κ3) is 7.83. The smallest absolute Gasteiger partial charge is 0.286 e. The van der Waals surface area contributed by atoms with Crippen LogP contribution >= 0.6 is 0 Å². The third-order valence-electron chi connectivity index (χ3n) is 9.32. The molecule has 1 aliphatic carbocycles. The molecule has 3 aromatic rings. The zero-order valence-electron chi connectivity index (χ0n) is 27.7. The molecule has 1 saturated heterocycles. The predicted octanol–water partition coefficient (Wildman–Crippen LogP) is 3.81. The molecule has 2 atom stereocenters. The topological polar surface area (TPSA) is 135 Å². The van der Waals surface area contributed by atoms with E-state index in [2.05, 4.69) is 29.6 Å². The molecule has 2 heterocycles. The van der Waals surface area contributed by atoms with Crippen molar-refractivity contribution in [2.24, 2.45) is 0 Å². The highest BCUT2D eigenvalue weighted by molar-refractivity contribution is 7.89. The van der Waals surface area contributed by atoms with Crippen molar-refractivity contribution < 1.29 is 37.3 Å². The van der Waals surface area contributed by atoms with Gasteiger partial charge in [-0.3, -0.25) is 9.59 Å². The largest absolute Gasteiger partial charge is 0.497 e. The standard InChI is InChI=1S/C37H43N3O8S/c1-46-28-12-14-29(15-13-28)49(44,45)40(19-21-41)20-22-47-36-25-27(31-9-4-10-32-30-8-3-2-7-26(30)23-33(31)32)24-34(48-36)37(43)38-16-6-18-39-17-5-11-35(39)42/h2-4,7-10,12-15,24,27,36,41H,5-6,11,16-23,25H2,1H3,(H,38,43)/t27-,36+/m1/s1. The number of likely N-dealkylation sites (tertiary alicyclic amines) is 1. The lowest BCUT2D eigenvalue weighted by Crippen LogP contribution is -2.38. The molecule has 260 valence electrons. The highest BCUT2D eigenvalue weighted by Gasteiger charge is 2.33. The summed E-state index contributed by atoms with van der Waals surface area (Å²) in [6, 6.07) is 20.6. The Bertz CT molecular complexity index is 1790. The summed E-state index contributed by atoms with van der Waals surface area (Å²) in [7, 11) is -2.42. The number of ether oxygens (including phenoxy) is 3. The molecular formula is C37H43N3O8S. The van der Waals surface area contributed by atoms with Crippen LogP contribution in [-0.4, -0.2) is 93.9 Å². The van der Waals surface area contributed by atoms with Crippen LogP contribution in [0.4, 0.5) is 0 Å². The molecule has 3 aliphatic rings. The minimum atomic E-state index is -3.93. The molecule has 2 aliphatic heterocycles. The van der Waals surface area contributed by atoms with Crippen LogP contribution < -0.4 is 10.1 Å². The number of fused-ring (bicyclic) bond motifs is 3. The first-order valence-electron chi connectivity index (χ1n) is 16.8. The number of amides is 2. The van der Waals surface area contributed by atoms with Crippen molar-refractivity contribution in [1.29, 1.82) is 0 Å². The number of methoxy groups -OCH3 is 1. The van der Waals surface area contributed by atoms with Crippen LogP contribution in [0, 0.1) is 0 Å². The van der Waals surface area contributed by atoms with Gasteiger partial charge < -0.3 is 29.5 Å². The second-order valence-electron chi connectivity index (χ2n) is 12.4. The highest BCUT2D eigenvalue weighted by atomic mass is 32.2. The molecule has 12 heteroatoms. The number of hydrogen-bond donors (Lipinski definition) is 2. The number of aliphatic hydroxyl groups is 1. The number of rotatable bonds is 15. The van der Waals surface area contributed by atoms with Crippen molar-refractivity contribution in [3.63, 3.8) is 0 Å². The number of benzene rings is 3. The Morgan fingerprint density at radius 3 is 2.61 bits per heavy atom. The molecule has 49 heavy (non-hydrogen) atoms. The number of nitrogens with zero attached hydrogens (tertiary/aromatic N) is 2. The van der Waals surface area contributed by atoms with Crippen LogP contribution in [0.5, 0.6) is 5.75 Å². The number of carbonyl (C=O) groups excluding carboxylic acids is 2. The minimum absolute atomic E-state index is 0.0239. The summed E-state index contributed by atoms with van der Waals surface area (Å²) in [5.74, 6) is 0.264. The Morgan fingerprint density at radius 2 is 1.86 bits per heavy atom. The van der Waals surface area contributed by atoms with E-state index in [1.807, 2.05) is 29.2 Å². The Morgan fingerprint density at radius 1 is 1.06 bits per heavy atom. The van der Waals surface area contributed by atoms with Gasteiger partial charge in [0, 0.05) is 51.5 Å². The van der Waals surface area contributed by atoms with E-state index in [9.17, 15) is 23.1 Å². The van der Waals surface area contributed by atoms with Gasteiger partial charge in [-0.05, 0) is 77.4 Å². The van der Waals surface area contributed by atoms with Crippen LogP contribution in [0.15, 0.2) is 83.5 Å². The molecular weight excluding hydrogens is 646 g/mol. The average molecular weight is 690 g/mol. The summed E-state index contributed by atoms with van der Waals surface area (Å²) in [5.41, 5.74) is 5.94. The van der Waals surface area contributed by atoms with Crippen molar-refractivity contribution in [2.45, 2.75) is 49.2 Å². The van der Waals surface area contributed by atoms with Crippen molar-refractivity contribution in [1.82, 2.24) is 14.5 Å². The monoisotopic (exact) mass is 689 g/mol. The lowest BCUT2D eigenvalue weighted by molar-refractivity contribution is -0.146. The summed E-state index contributed by atoms with van der Waals surface area (Å²) in [5, 5.41) is 12.6. The van der Waals surface area contributed by atoms with Gasteiger partial charge in [-0.2, -0.15) is 4.31 Å². The Labute approximate surface area is 287 Å². The van der Waals surface area contributed by atoms with Gasteiger partial charge in [0.15, 0.2) is 5.76 Å². The first kappa shape index (κ1) is 34.6. The Hall–Kier alpha value is -4.23. The summed E-state index contributed by atoms with van der Waals surface area (Å²) < 4.78 is 45.4. The maximum Gasteiger partial charge on any atom is 0.286 e. The van der Waals surface area contributed by atoms with Crippen LogP contribution in [0.3, 0.4) is 0 Å². The Balaban J connectivity index is 1.16. The second-order valence-corrected chi connectivity index (χ2v) is 14.3. The number of allylic oxidation sites excluding steroid dienone is 1. The normalized spacial score (nSPS) is 18.6. The second kappa shape index (κ2) is 15.5. The van der Waals surface area contributed by atoms with E-state index in [0.29, 0.717) is 38.1 Å². The zero-order valence-corrected chi connectivity index (χ0v) is 28.5. The lowest BCUT2D eigenvalue weighted by atomic mass is 9.87. The van der Waals surface area contributed by atoms with Crippen molar-refractivity contribution in [3.8, 4) is 16.9 Å². The quantitative estimate of drug-likeness (QED) is 0.180. The molecule has 3 aromatic carbocycles. The number of nitrogens with one attached hydrogen (secondary N) is 1. The molecule has 0 aromatic heterocycles. The SMILES string of the molecule is COc1ccc(S(=O)(=O)N(CCO)CCO[C@@H]2C[C@H](c3cccc4c3Cc3ccccc3-4)C=C(C(=O)NCCCN3CCCC3=O)O2)cc1. The predicted molar refractivity (Wildman–Crippen MR) is 183 cm³/mol.